The first-order valence-corrected chi connectivity index (χ1v) is 6.30. The van der Waals surface area contributed by atoms with Gasteiger partial charge >= 0.3 is 0 Å². The normalized spacial score (nSPS) is 26.7. The molecule has 0 spiro atoms. The molecule has 0 aromatic heterocycles. The average molecular weight is 250 g/mol. The van der Waals surface area contributed by atoms with Gasteiger partial charge in [-0.3, -0.25) is 19.3 Å². The summed E-state index contributed by atoms with van der Waals surface area (Å²) in [6.45, 7) is 3.54. The summed E-state index contributed by atoms with van der Waals surface area (Å²) in [5.74, 6) is -1.19. The van der Waals surface area contributed by atoms with Crippen molar-refractivity contribution in [1.82, 2.24) is 10.2 Å². The van der Waals surface area contributed by atoms with E-state index in [-0.39, 0.29) is 42.1 Å². The number of nitrogens with one attached hydrogen (secondary N) is 1. The molecule has 0 unspecified atom stereocenters. The molecule has 1 heterocycles. The van der Waals surface area contributed by atoms with Crippen molar-refractivity contribution in [3.8, 4) is 0 Å². The minimum Gasteiger partial charge on any atom is -0.352 e. The van der Waals surface area contributed by atoms with Crippen molar-refractivity contribution in [1.29, 1.82) is 0 Å². The lowest BCUT2D eigenvalue weighted by Gasteiger charge is -2.15. The molecule has 0 aromatic rings. The molecule has 1 fully saturated rings. The molecule has 1 aliphatic carbocycles. The largest absolute Gasteiger partial charge is 0.352 e. The van der Waals surface area contributed by atoms with Crippen molar-refractivity contribution in [2.75, 3.05) is 6.54 Å². The Morgan fingerprint density at radius 3 is 2.22 bits per heavy atom. The predicted molar refractivity (Wildman–Crippen MR) is 65.4 cm³/mol. The topological polar surface area (TPSA) is 66.5 Å². The zero-order chi connectivity index (χ0) is 13.3. The van der Waals surface area contributed by atoms with Gasteiger partial charge in [-0.15, -0.1) is 0 Å². The molecular weight excluding hydrogens is 232 g/mol. The highest BCUT2D eigenvalue weighted by Crippen LogP contribution is 2.34. The molecule has 2 aliphatic rings. The first-order valence-electron chi connectivity index (χ1n) is 6.30. The predicted octanol–water partition coefficient (Wildman–Crippen LogP) is 0.462. The molecule has 1 N–H and O–H groups in total. The third-order valence-electron chi connectivity index (χ3n) is 3.35. The maximum Gasteiger partial charge on any atom is 0.240 e. The van der Waals surface area contributed by atoms with Crippen LogP contribution in [0.2, 0.25) is 0 Å². The Morgan fingerprint density at radius 1 is 1.28 bits per heavy atom. The van der Waals surface area contributed by atoms with Crippen molar-refractivity contribution in [3.05, 3.63) is 12.2 Å². The third-order valence-corrected chi connectivity index (χ3v) is 3.35. The van der Waals surface area contributed by atoms with Gasteiger partial charge in [-0.05, 0) is 26.7 Å². The molecule has 2 rings (SSSR count). The monoisotopic (exact) mass is 250 g/mol. The summed E-state index contributed by atoms with van der Waals surface area (Å²) in [4.78, 5) is 36.9. The highest BCUT2D eigenvalue weighted by molar-refractivity contribution is 6.07. The molecule has 1 saturated heterocycles. The van der Waals surface area contributed by atoms with Crippen LogP contribution in [0.25, 0.3) is 0 Å². The van der Waals surface area contributed by atoms with E-state index in [2.05, 4.69) is 5.32 Å². The van der Waals surface area contributed by atoms with E-state index in [0.29, 0.717) is 12.8 Å². The number of amides is 3. The minimum atomic E-state index is -0.279. The van der Waals surface area contributed by atoms with Gasteiger partial charge in [-0.2, -0.15) is 0 Å². The van der Waals surface area contributed by atoms with Crippen molar-refractivity contribution < 1.29 is 14.4 Å². The number of hydrogen-bond donors (Lipinski definition) is 1. The number of allylic oxidation sites excluding steroid dienone is 2. The fourth-order valence-corrected chi connectivity index (χ4v) is 2.54. The van der Waals surface area contributed by atoms with Crippen molar-refractivity contribution in [3.63, 3.8) is 0 Å². The van der Waals surface area contributed by atoms with E-state index in [1.54, 1.807) is 0 Å². The molecule has 0 bridgehead atoms. The van der Waals surface area contributed by atoms with Crippen LogP contribution < -0.4 is 5.32 Å². The molecule has 0 saturated carbocycles. The average Bonchev–Trinajstić information content (AvgIpc) is 2.54. The molecule has 5 nitrogen and oxygen atoms in total. The van der Waals surface area contributed by atoms with E-state index in [4.69, 9.17) is 0 Å². The van der Waals surface area contributed by atoms with E-state index >= 15 is 0 Å². The molecule has 18 heavy (non-hydrogen) atoms. The van der Waals surface area contributed by atoms with E-state index in [1.165, 1.54) is 0 Å². The number of likely N-dealkylation sites (tertiary alicyclic amines) is 1. The molecule has 5 heteroatoms. The molecular formula is C13H18N2O3. The lowest BCUT2D eigenvalue weighted by molar-refractivity contribution is -0.143. The second-order valence-electron chi connectivity index (χ2n) is 5.14. The number of nitrogens with zero attached hydrogens (tertiary/aromatic N) is 1. The number of rotatable bonds is 3. The first-order chi connectivity index (χ1) is 8.50. The molecule has 0 radical (unpaired) electrons. The third kappa shape index (κ3) is 2.30. The lowest BCUT2D eigenvalue weighted by Crippen LogP contribution is -2.43. The molecule has 2 atom stereocenters. The highest BCUT2D eigenvalue weighted by atomic mass is 16.2. The maximum atomic E-state index is 12.1. The van der Waals surface area contributed by atoms with E-state index < -0.39 is 0 Å². The van der Waals surface area contributed by atoms with Crippen LogP contribution in [0.1, 0.15) is 26.7 Å². The standard InChI is InChI=1S/C13H18N2O3/c1-8(2)14-11(16)7-15-12(17)9-5-3-4-6-10(9)13(15)18/h3-4,8-10H,5-7H2,1-2H3,(H,14,16)/t9-,10-/m1/s1. The Labute approximate surface area is 106 Å². The van der Waals surface area contributed by atoms with Crippen LogP contribution in [0.15, 0.2) is 12.2 Å². The minimum absolute atomic E-state index is 0.00857. The fraction of sp³-hybridized carbons (Fsp3) is 0.615. The number of imide groups is 1. The lowest BCUT2D eigenvalue weighted by atomic mass is 9.85. The summed E-state index contributed by atoms with van der Waals surface area (Å²) in [6.07, 6.45) is 5.09. The smallest absolute Gasteiger partial charge is 0.240 e. The van der Waals surface area contributed by atoms with Crippen molar-refractivity contribution >= 4 is 17.7 Å². The van der Waals surface area contributed by atoms with Gasteiger partial charge in [-0.25, -0.2) is 0 Å². The van der Waals surface area contributed by atoms with Crippen LogP contribution in [-0.4, -0.2) is 35.2 Å². The molecule has 0 aromatic carbocycles. The van der Waals surface area contributed by atoms with E-state index in [0.717, 1.165) is 4.90 Å². The Hall–Kier alpha value is -1.65. The van der Waals surface area contributed by atoms with Gasteiger partial charge in [0.2, 0.25) is 17.7 Å². The Morgan fingerprint density at radius 2 is 1.78 bits per heavy atom. The zero-order valence-electron chi connectivity index (χ0n) is 10.7. The Kier molecular flexibility index (Phi) is 3.50. The summed E-state index contributed by atoms with van der Waals surface area (Å²) in [7, 11) is 0. The summed E-state index contributed by atoms with van der Waals surface area (Å²) in [5, 5.41) is 2.69. The fourth-order valence-electron chi connectivity index (χ4n) is 2.54. The van der Waals surface area contributed by atoms with Crippen LogP contribution in [0.5, 0.6) is 0 Å². The Bertz CT molecular complexity index is 388. The second kappa shape index (κ2) is 4.92. The first kappa shape index (κ1) is 12.8. The quantitative estimate of drug-likeness (QED) is 0.584. The number of hydrogen-bond acceptors (Lipinski definition) is 3. The van der Waals surface area contributed by atoms with Gasteiger partial charge in [0.15, 0.2) is 0 Å². The summed E-state index contributed by atoms with van der Waals surface area (Å²) >= 11 is 0. The van der Waals surface area contributed by atoms with E-state index in [9.17, 15) is 14.4 Å². The van der Waals surface area contributed by atoms with Gasteiger partial charge in [0.1, 0.15) is 6.54 Å². The van der Waals surface area contributed by atoms with Crippen LogP contribution >= 0.6 is 0 Å². The molecule has 3 amide bonds. The van der Waals surface area contributed by atoms with E-state index in [1.807, 2.05) is 26.0 Å². The van der Waals surface area contributed by atoms with Crippen LogP contribution in [0.4, 0.5) is 0 Å². The van der Waals surface area contributed by atoms with Gasteiger partial charge in [-0.1, -0.05) is 12.2 Å². The van der Waals surface area contributed by atoms with Crippen LogP contribution in [0.3, 0.4) is 0 Å². The van der Waals surface area contributed by atoms with Crippen LogP contribution in [0, 0.1) is 11.8 Å². The summed E-state index contributed by atoms with van der Waals surface area (Å²) in [5.41, 5.74) is 0. The SMILES string of the molecule is CC(C)NC(=O)CN1C(=O)[C@@H]2CC=CC[C@H]2C1=O. The number of carbonyl (C=O) groups is 3. The van der Waals surface area contributed by atoms with Gasteiger partial charge in [0.05, 0.1) is 11.8 Å². The second-order valence-corrected chi connectivity index (χ2v) is 5.14. The summed E-state index contributed by atoms with van der Waals surface area (Å²) < 4.78 is 0. The van der Waals surface area contributed by atoms with Gasteiger partial charge in [0, 0.05) is 6.04 Å². The van der Waals surface area contributed by atoms with Crippen LogP contribution in [-0.2, 0) is 14.4 Å². The van der Waals surface area contributed by atoms with Gasteiger partial charge < -0.3 is 5.32 Å². The molecule has 1 aliphatic heterocycles. The molecule has 98 valence electrons. The zero-order valence-corrected chi connectivity index (χ0v) is 10.7. The summed E-state index contributed by atoms with van der Waals surface area (Å²) in [6, 6.07) is 0.00857. The number of carbonyl (C=O) groups excluding carboxylic acids is 3. The maximum absolute atomic E-state index is 12.1. The van der Waals surface area contributed by atoms with Crippen molar-refractivity contribution in [2.24, 2.45) is 11.8 Å². The Balaban J connectivity index is 2.04. The number of fused-ring (bicyclic) bond motifs is 1. The van der Waals surface area contributed by atoms with Gasteiger partial charge in [0.25, 0.3) is 0 Å². The highest BCUT2D eigenvalue weighted by Gasteiger charge is 2.47. The van der Waals surface area contributed by atoms with Crippen molar-refractivity contribution in [2.45, 2.75) is 32.7 Å².